The molecule has 1 saturated heterocycles. The summed E-state index contributed by atoms with van der Waals surface area (Å²) in [5, 5.41) is 9.18. The van der Waals surface area contributed by atoms with E-state index in [2.05, 4.69) is 9.97 Å². The van der Waals surface area contributed by atoms with E-state index in [4.69, 9.17) is 0 Å². The van der Waals surface area contributed by atoms with Crippen LogP contribution < -0.4 is 0 Å². The molecule has 0 aromatic carbocycles. The van der Waals surface area contributed by atoms with Gasteiger partial charge in [-0.05, 0) is 25.0 Å². The Bertz CT molecular complexity index is 710. The van der Waals surface area contributed by atoms with Crippen molar-refractivity contribution in [3.63, 3.8) is 0 Å². The summed E-state index contributed by atoms with van der Waals surface area (Å²) in [5.41, 5.74) is 1.57. The summed E-state index contributed by atoms with van der Waals surface area (Å²) in [6.07, 6.45) is 3.34. The van der Waals surface area contributed by atoms with Crippen LogP contribution in [0.3, 0.4) is 0 Å². The van der Waals surface area contributed by atoms with Crippen molar-refractivity contribution in [2.75, 3.05) is 18.1 Å². The lowest BCUT2D eigenvalue weighted by molar-refractivity contribution is 0.292. The Balaban J connectivity index is 2.03. The summed E-state index contributed by atoms with van der Waals surface area (Å²) in [7, 11) is -2.89. The third kappa shape index (κ3) is 2.43. The van der Waals surface area contributed by atoms with Crippen molar-refractivity contribution in [3.8, 4) is 0 Å². The Morgan fingerprint density at radius 2 is 2.10 bits per heavy atom. The van der Waals surface area contributed by atoms with E-state index in [-0.39, 0.29) is 24.2 Å². The lowest BCUT2D eigenvalue weighted by atomic mass is 10.1. The fraction of sp³-hybridized carbons (Fsp3) is 0.538. The molecule has 1 fully saturated rings. The van der Waals surface area contributed by atoms with Crippen LogP contribution in [0.4, 0.5) is 0 Å². The average molecular weight is 295 g/mol. The third-order valence-corrected chi connectivity index (χ3v) is 5.46. The number of hydrogen-bond acceptors (Lipinski definition) is 5. The summed E-state index contributed by atoms with van der Waals surface area (Å²) in [4.78, 5) is 8.87. The number of sulfone groups is 1. The Morgan fingerprint density at radius 3 is 2.80 bits per heavy atom. The molecule has 3 rings (SSSR count). The number of imidazole rings is 1. The van der Waals surface area contributed by atoms with Crippen molar-refractivity contribution in [1.29, 1.82) is 0 Å². The van der Waals surface area contributed by atoms with Crippen molar-refractivity contribution < 1.29 is 13.5 Å². The molecule has 0 aliphatic carbocycles. The SMILES string of the molecule is O=S1(=O)CCC(n2c(CCO)nc3cccnc32)CC1. The highest BCUT2D eigenvalue weighted by atomic mass is 32.2. The van der Waals surface area contributed by atoms with Gasteiger partial charge < -0.3 is 9.67 Å². The van der Waals surface area contributed by atoms with Crippen LogP contribution in [0.25, 0.3) is 11.2 Å². The van der Waals surface area contributed by atoms with Gasteiger partial charge in [0.2, 0.25) is 0 Å². The molecule has 1 aliphatic rings. The highest BCUT2D eigenvalue weighted by Gasteiger charge is 2.27. The lowest BCUT2D eigenvalue weighted by Gasteiger charge is -2.25. The maximum absolute atomic E-state index is 11.6. The molecule has 0 bridgehead atoms. The first-order chi connectivity index (χ1) is 9.61. The lowest BCUT2D eigenvalue weighted by Crippen LogP contribution is -2.26. The van der Waals surface area contributed by atoms with Gasteiger partial charge in [-0.15, -0.1) is 0 Å². The molecule has 20 heavy (non-hydrogen) atoms. The zero-order valence-electron chi connectivity index (χ0n) is 11.1. The second-order valence-corrected chi connectivity index (χ2v) is 7.40. The topological polar surface area (TPSA) is 85.1 Å². The van der Waals surface area contributed by atoms with E-state index < -0.39 is 9.84 Å². The molecule has 2 aromatic rings. The van der Waals surface area contributed by atoms with Crippen molar-refractivity contribution in [1.82, 2.24) is 14.5 Å². The number of aromatic nitrogens is 3. The summed E-state index contributed by atoms with van der Waals surface area (Å²) in [5.74, 6) is 1.20. The molecule has 0 amide bonds. The predicted molar refractivity (Wildman–Crippen MR) is 75.2 cm³/mol. The first kappa shape index (κ1) is 13.5. The van der Waals surface area contributed by atoms with Crippen molar-refractivity contribution >= 4 is 21.0 Å². The molecule has 1 aliphatic heterocycles. The standard InChI is InChI=1S/C13H17N3O3S/c17-7-3-12-15-11-2-1-6-14-13(11)16(12)10-4-8-20(18,19)9-5-10/h1-2,6,10,17H,3-5,7-9H2. The predicted octanol–water partition coefficient (Wildman–Crippen LogP) is 0.716. The smallest absolute Gasteiger partial charge is 0.160 e. The van der Waals surface area contributed by atoms with Crippen LogP contribution in [0.5, 0.6) is 0 Å². The molecule has 0 saturated carbocycles. The zero-order valence-corrected chi connectivity index (χ0v) is 11.9. The molecule has 108 valence electrons. The largest absolute Gasteiger partial charge is 0.396 e. The summed E-state index contributed by atoms with van der Waals surface area (Å²) in [6.45, 7) is 0.0222. The minimum absolute atomic E-state index is 0.0222. The van der Waals surface area contributed by atoms with Crippen LogP contribution in [0.15, 0.2) is 18.3 Å². The highest BCUT2D eigenvalue weighted by molar-refractivity contribution is 7.91. The van der Waals surface area contributed by atoms with E-state index in [1.807, 2.05) is 16.7 Å². The molecule has 7 heteroatoms. The van der Waals surface area contributed by atoms with Crippen LogP contribution in [0, 0.1) is 0 Å². The first-order valence-electron chi connectivity index (χ1n) is 6.74. The van der Waals surface area contributed by atoms with E-state index in [0.717, 1.165) is 17.0 Å². The van der Waals surface area contributed by atoms with Crippen LogP contribution in [0.1, 0.15) is 24.7 Å². The van der Waals surface area contributed by atoms with Gasteiger partial charge >= 0.3 is 0 Å². The minimum atomic E-state index is -2.89. The number of nitrogens with zero attached hydrogens (tertiary/aromatic N) is 3. The molecule has 1 N–H and O–H groups in total. The Labute approximate surface area is 117 Å². The van der Waals surface area contributed by atoms with Crippen molar-refractivity contribution in [2.24, 2.45) is 0 Å². The normalized spacial score (nSPS) is 19.4. The van der Waals surface area contributed by atoms with E-state index in [9.17, 15) is 13.5 Å². The Kier molecular flexibility index (Phi) is 3.47. The number of pyridine rings is 1. The molecule has 3 heterocycles. The number of hydrogen-bond donors (Lipinski definition) is 1. The summed E-state index contributed by atoms with van der Waals surface area (Å²) < 4.78 is 25.1. The molecular weight excluding hydrogens is 278 g/mol. The quantitative estimate of drug-likeness (QED) is 0.901. The van der Waals surface area contributed by atoms with E-state index in [1.54, 1.807) is 6.20 Å². The van der Waals surface area contributed by atoms with Crippen LogP contribution >= 0.6 is 0 Å². The van der Waals surface area contributed by atoms with Gasteiger partial charge in [-0.25, -0.2) is 18.4 Å². The van der Waals surface area contributed by atoms with Gasteiger partial charge in [-0.3, -0.25) is 0 Å². The van der Waals surface area contributed by atoms with E-state index >= 15 is 0 Å². The minimum Gasteiger partial charge on any atom is -0.396 e. The van der Waals surface area contributed by atoms with Gasteiger partial charge in [0, 0.05) is 18.7 Å². The zero-order chi connectivity index (χ0) is 14.2. The van der Waals surface area contributed by atoms with Gasteiger partial charge in [0.15, 0.2) is 5.65 Å². The van der Waals surface area contributed by atoms with E-state index in [1.165, 1.54) is 0 Å². The second kappa shape index (κ2) is 5.14. The Morgan fingerprint density at radius 1 is 1.35 bits per heavy atom. The van der Waals surface area contributed by atoms with Gasteiger partial charge in [-0.2, -0.15) is 0 Å². The highest BCUT2D eigenvalue weighted by Crippen LogP contribution is 2.28. The van der Waals surface area contributed by atoms with Gasteiger partial charge in [0.25, 0.3) is 0 Å². The van der Waals surface area contributed by atoms with Crippen LogP contribution in [0.2, 0.25) is 0 Å². The maximum Gasteiger partial charge on any atom is 0.160 e. The first-order valence-corrected chi connectivity index (χ1v) is 8.56. The summed E-state index contributed by atoms with van der Waals surface area (Å²) in [6, 6.07) is 3.81. The number of aliphatic hydroxyl groups is 1. The number of rotatable bonds is 3. The van der Waals surface area contributed by atoms with Crippen LogP contribution in [-0.4, -0.2) is 46.2 Å². The number of aliphatic hydroxyl groups excluding tert-OH is 1. The molecule has 0 radical (unpaired) electrons. The van der Waals surface area contributed by atoms with Crippen LogP contribution in [-0.2, 0) is 16.3 Å². The summed E-state index contributed by atoms with van der Waals surface area (Å²) >= 11 is 0. The molecule has 6 nitrogen and oxygen atoms in total. The average Bonchev–Trinajstić information content (AvgIpc) is 2.78. The molecule has 0 atom stereocenters. The third-order valence-electron chi connectivity index (χ3n) is 3.75. The van der Waals surface area contributed by atoms with Crippen molar-refractivity contribution in [3.05, 3.63) is 24.2 Å². The molecule has 0 unspecified atom stereocenters. The van der Waals surface area contributed by atoms with E-state index in [0.29, 0.717) is 19.3 Å². The maximum atomic E-state index is 11.6. The molecule has 2 aromatic heterocycles. The monoisotopic (exact) mass is 295 g/mol. The second-order valence-electron chi connectivity index (χ2n) is 5.10. The van der Waals surface area contributed by atoms with Gasteiger partial charge in [0.1, 0.15) is 21.2 Å². The number of fused-ring (bicyclic) bond motifs is 1. The fourth-order valence-electron chi connectivity index (χ4n) is 2.77. The Hall–Kier alpha value is -1.47. The fourth-order valence-corrected chi connectivity index (χ4v) is 4.24. The van der Waals surface area contributed by atoms with Gasteiger partial charge in [-0.1, -0.05) is 0 Å². The van der Waals surface area contributed by atoms with Crippen molar-refractivity contribution in [2.45, 2.75) is 25.3 Å². The molecular formula is C13H17N3O3S. The van der Waals surface area contributed by atoms with Gasteiger partial charge in [0.05, 0.1) is 18.1 Å². The molecule has 0 spiro atoms.